The van der Waals surface area contributed by atoms with Crippen molar-refractivity contribution in [2.24, 2.45) is 0 Å². The predicted octanol–water partition coefficient (Wildman–Crippen LogP) is 4.83. The number of carbonyl (C=O) groups excluding carboxylic acids is 1. The van der Waals surface area contributed by atoms with Crippen molar-refractivity contribution in [2.75, 3.05) is 20.1 Å². The number of rotatable bonds is 10. The van der Waals surface area contributed by atoms with Crippen molar-refractivity contribution >= 4 is 5.91 Å². The van der Waals surface area contributed by atoms with Gasteiger partial charge in [-0.25, -0.2) is 8.78 Å². The molecule has 2 aliphatic rings. The van der Waals surface area contributed by atoms with Crippen LogP contribution in [-0.2, 0) is 10.2 Å². The maximum absolute atomic E-state index is 14.7. The van der Waals surface area contributed by atoms with Crippen LogP contribution in [0.3, 0.4) is 0 Å². The van der Waals surface area contributed by atoms with E-state index in [0.29, 0.717) is 19.4 Å². The second-order valence-corrected chi connectivity index (χ2v) is 12.1. The zero-order valence-electron chi connectivity index (χ0n) is 25.9. The molecule has 0 saturated carbocycles. The monoisotopic (exact) mass is 621 g/mol. The normalized spacial score (nSPS) is 21.3. The van der Waals surface area contributed by atoms with E-state index >= 15 is 0 Å². The smallest absolute Gasteiger partial charge is 0.246 e. The molecule has 13 heteroatoms. The topological polar surface area (TPSA) is 130 Å². The minimum atomic E-state index is -1.09. The molecule has 2 saturated heterocycles. The molecule has 4 heterocycles. The largest absolute Gasteiger partial charge is 0.474 e. The minimum absolute atomic E-state index is 0.0373. The highest BCUT2D eigenvalue weighted by molar-refractivity contribution is 5.87. The SMILES string of the molecule is C=CC(=O)N1CC[C@H](Oc2cc(O[C@@H](C)[C@@H]3CCCN3C)nc(-c3noc(C(C)(C)c4ccc(F)cc4F)n3)n2)C[C@H]1CC#N. The average Bonchev–Trinajstić information content (AvgIpc) is 3.67. The summed E-state index contributed by atoms with van der Waals surface area (Å²) in [5.74, 6) is -0.986. The van der Waals surface area contributed by atoms with Gasteiger partial charge in [-0.3, -0.25) is 9.69 Å². The Morgan fingerprint density at radius 1 is 1.20 bits per heavy atom. The Labute approximate surface area is 260 Å². The number of hydrogen-bond donors (Lipinski definition) is 0. The lowest BCUT2D eigenvalue weighted by molar-refractivity contribution is -0.130. The lowest BCUT2D eigenvalue weighted by Gasteiger charge is -2.37. The van der Waals surface area contributed by atoms with Crippen LogP contribution in [0, 0.1) is 23.0 Å². The van der Waals surface area contributed by atoms with Crippen molar-refractivity contribution in [2.45, 2.75) is 82.6 Å². The number of ether oxygens (including phenoxy) is 2. The van der Waals surface area contributed by atoms with Gasteiger partial charge in [0, 0.05) is 43.1 Å². The third kappa shape index (κ3) is 6.96. The zero-order valence-corrected chi connectivity index (χ0v) is 25.9. The second-order valence-electron chi connectivity index (χ2n) is 12.1. The van der Waals surface area contributed by atoms with E-state index < -0.39 is 17.0 Å². The first kappa shape index (κ1) is 32.0. The summed E-state index contributed by atoms with van der Waals surface area (Å²) in [6, 6.07) is 6.96. The van der Waals surface area contributed by atoms with Gasteiger partial charge in [0.1, 0.15) is 23.8 Å². The van der Waals surface area contributed by atoms with Crippen LogP contribution in [-0.4, -0.2) is 80.2 Å². The van der Waals surface area contributed by atoms with Crippen LogP contribution in [0.25, 0.3) is 11.6 Å². The number of halogens is 2. The van der Waals surface area contributed by atoms with Gasteiger partial charge in [0.15, 0.2) is 0 Å². The van der Waals surface area contributed by atoms with E-state index in [1.165, 1.54) is 18.2 Å². The van der Waals surface area contributed by atoms with Gasteiger partial charge in [-0.1, -0.05) is 17.8 Å². The quantitative estimate of drug-likeness (QED) is 0.290. The molecule has 2 fully saturated rings. The molecule has 1 aromatic carbocycles. The molecule has 45 heavy (non-hydrogen) atoms. The van der Waals surface area contributed by atoms with E-state index in [2.05, 4.69) is 44.7 Å². The van der Waals surface area contributed by atoms with Crippen LogP contribution in [0.5, 0.6) is 11.8 Å². The third-order valence-electron chi connectivity index (χ3n) is 8.61. The van der Waals surface area contributed by atoms with E-state index in [9.17, 15) is 18.8 Å². The van der Waals surface area contributed by atoms with Crippen molar-refractivity contribution in [3.8, 4) is 29.5 Å². The van der Waals surface area contributed by atoms with Crippen LogP contribution in [0.15, 0.2) is 41.4 Å². The Morgan fingerprint density at radius 3 is 2.67 bits per heavy atom. The molecule has 5 rings (SSSR count). The molecule has 4 atom stereocenters. The van der Waals surface area contributed by atoms with Gasteiger partial charge >= 0.3 is 0 Å². The number of likely N-dealkylation sites (N-methyl/N-ethyl adjacent to an activating group) is 1. The predicted molar refractivity (Wildman–Crippen MR) is 159 cm³/mol. The summed E-state index contributed by atoms with van der Waals surface area (Å²) in [6.45, 7) is 10.3. The second kappa shape index (κ2) is 13.3. The summed E-state index contributed by atoms with van der Waals surface area (Å²) >= 11 is 0. The molecule has 2 aliphatic heterocycles. The van der Waals surface area contributed by atoms with Gasteiger partial charge in [-0.15, -0.1) is 0 Å². The molecular weight excluding hydrogens is 584 g/mol. The molecule has 0 unspecified atom stereocenters. The summed E-state index contributed by atoms with van der Waals surface area (Å²) in [5.41, 5.74) is -0.909. The number of likely N-dealkylation sites (tertiary alicyclic amines) is 2. The van der Waals surface area contributed by atoms with Gasteiger partial charge < -0.3 is 18.9 Å². The fraction of sp³-hybridized carbons (Fsp3) is 0.500. The molecule has 0 radical (unpaired) electrons. The van der Waals surface area contributed by atoms with Crippen LogP contribution >= 0.6 is 0 Å². The van der Waals surface area contributed by atoms with Crippen molar-refractivity contribution in [1.82, 2.24) is 29.9 Å². The highest BCUT2D eigenvalue weighted by Crippen LogP contribution is 2.34. The summed E-state index contributed by atoms with van der Waals surface area (Å²) < 4.78 is 46.4. The average molecular weight is 622 g/mol. The number of hydrogen-bond acceptors (Lipinski definition) is 10. The van der Waals surface area contributed by atoms with E-state index in [-0.39, 0.29) is 71.5 Å². The zero-order chi connectivity index (χ0) is 32.3. The fourth-order valence-corrected chi connectivity index (χ4v) is 6.10. The first-order valence-corrected chi connectivity index (χ1v) is 15.0. The Bertz CT molecular complexity index is 1590. The van der Waals surface area contributed by atoms with Crippen molar-refractivity contribution < 1.29 is 27.6 Å². The van der Waals surface area contributed by atoms with Gasteiger partial charge in [0.25, 0.3) is 0 Å². The Morgan fingerprint density at radius 2 is 1.98 bits per heavy atom. The number of piperidine rings is 1. The van der Waals surface area contributed by atoms with Crippen LogP contribution < -0.4 is 9.47 Å². The maximum atomic E-state index is 14.7. The number of aromatic nitrogens is 4. The summed E-state index contributed by atoms with van der Waals surface area (Å²) in [6.07, 6.45) is 3.88. The first-order valence-electron chi connectivity index (χ1n) is 15.0. The molecular formula is C32H37F2N7O4. The lowest BCUT2D eigenvalue weighted by Crippen LogP contribution is -2.48. The van der Waals surface area contributed by atoms with E-state index in [1.807, 2.05) is 6.92 Å². The van der Waals surface area contributed by atoms with Gasteiger partial charge in [-0.05, 0) is 59.3 Å². The van der Waals surface area contributed by atoms with Gasteiger partial charge in [0.2, 0.25) is 35.2 Å². The van der Waals surface area contributed by atoms with Crippen molar-refractivity contribution in [3.05, 3.63) is 60.0 Å². The minimum Gasteiger partial charge on any atom is -0.474 e. The summed E-state index contributed by atoms with van der Waals surface area (Å²) in [5, 5.41) is 13.4. The molecule has 0 aliphatic carbocycles. The lowest BCUT2D eigenvalue weighted by atomic mass is 9.84. The molecule has 11 nitrogen and oxygen atoms in total. The third-order valence-corrected chi connectivity index (χ3v) is 8.61. The summed E-state index contributed by atoms with van der Waals surface area (Å²) in [7, 11) is 2.06. The van der Waals surface area contributed by atoms with Gasteiger partial charge in [-0.2, -0.15) is 20.2 Å². The van der Waals surface area contributed by atoms with Crippen molar-refractivity contribution in [1.29, 1.82) is 5.26 Å². The van der Waals surface area contributed by atoms with E-state index in [4.69, 9.17) is 14.0 Å². The number of nitriles is 1. The van der Waals surface area contributed by atoms with Crippen LogP contribution in [0.1, 0.15) is 64.3 Å². The molecule has 238 valence electrons. The highest BCUT2D eigenvalue weighted by atomic mass is 19.1. The molecule has 1 amide bonds. The molecule has 0 bridgehead atoms. The molecule has 0 N–H and O–H groups in total. The Kier molecular flexibility index (Phi) is 9.43. The van der Waals surface area contributed by atoms with Crippen molar-refractivity contribution in [3.63, 3.8) is 0 Å². The van der Waals surface area contributed by atoms with Gasteiger partial charge in [0.05, 0.1) is 24.0 Å². The number of benzene rings is 1. The summed E-state index contributed by atoms with van der Waals surface area (Å²) in [4.78, 5) is 29.9. The number of carbonyl (C=O) groups is 1. The molecule has 3 aromatic rings. The first-order chi connectivity index (χ1) is 21.5. The molecule has 2 aromatic heterocycles. The molecule has 0 spiro atoms. The number of amides is 1. The number of nitrogens with zero attached hydrogens (tertiary/aromatic N) is 7. The highest BCUT2D eigenvalue weighted by Gasteiger charge is 2.35. The standard InChI is InChI=1S/C32H37F2N7O4/c1-6-28(42)41-15-12-22(17-21(41)11-13-35)44-27-18-26(43-19(2)25-8-7-14-40(25)5)36-29(37-27)30-38-31(45-39-30)32(3,4)23-10-9-20(33)16-24(23)34/h6,9-10,16,18-19,21-22,25H,1,7-8,11-12,14-15,17H2,2-5H3/t19-,21+,22-,25-/m0/s1. The Hall–Kier alpha value is -4.44. The van der Waals surface area contributed by atoms with E-state index in [1.54, 1.807) is 24.8 Å². The van der Waals surface area contributed by atoms with E-state index in [0.717, 1.165) is 25.5 Å². The van der Waals surface area contributed by atoms with Crippen LogP contribution in [0.4, 0.5) is 8.78 Å². The Balaban J connectivity index is 1.44. The fourth-order valence-electron chi connectivity index (χ4n) is 6.10. The maximum Gasteiger partial charge on any atom is 0.246 e. The van der Waals surface area contributed by atoms with Crippen LogP contribution in [0.2, 0.25) is 0 Å².